The number of hydrogen-bond donors (Lipinski definition) is 1. The molecule has 0 bridgehead atoms. The average Bonchev–Trinajstić information content (AvgIpc) is 2.29. The number of pyridine rings is 1. The molecule has 1 aromatic carbocycles. The predicted molar refractivity (Wildman–Crippen MR) is 63.6 cm³/mol. The van der Waals surface area contributed by atoms with Crippen molar-refractivity contribution in [1.82, 2.24) is 4.98 Å². The Labute approximate surface area is 94.3 Å². The summed E-state index contributed by atoms with van der Waals surface area (Å²) in [4.78, 5) is 4.26. The van der Waals surface area contributed by atoms with Crippen molar-refractivity contribution in [2.24, 2.45) is 11.7 Å². The molecule has 2 aromatic rings. The fourth-order valence-electron chi connectivity index (χ4n) is 1.82. The first-order valence-corrected chi connectivity index (χ1v) is 5.44. The van der Waals surface area contributed by atoms with Crippen LogP contribution < -0.4 is 5.73 Å². The van der Waals surface area contributed by atoms with Gasteiger partial charge in [-0.25, -0.2) is 4.39 Å². The molecule has 3 heteroatoms. The minimum absolute atomic E-state index is 0.204. The van der Waals surface area contributed by atoms with Crippen LogP contribution in [0.25, 0.3) is 10.8 Å². The van der Waals surface area contributed by atoms with Gasteiger partial charge in [0.1, 0.15) is 5.82 Å². The molecule has 2 nitrogen and oxygen atoms in total. The average molecular weight is 218 g/mol. The summed E-state index contributed by atoms with van der Waals surface area (Å²) in [7, 11) is 0. The lowest BCUT2D eigenvalue weighted by Gasteiger charge is -2.10. The van der Waals surface area contributed by atoms with Crippen molar-refractivity contribution in [3.8, 4) is 0 Å². The van der Waals surface area contributed by atoms with E-state index >= 15 is 0 Å². The van der Waals surface area contributed by atoms with Crippen molar-refractivity contribution in [3.05, 3.63) is 42.0 Å². The summed E-state index contributed by atoms with van der Waals surface area (Å²) in [5, 5.41) is 1.53. The van der Waals surface area contributed by atoms with E-state index in [1.165, 1.54) is 6.07 Å². The molecular formula is C13H15FN2. The van der Waals surface area contributed by atoms with Gasteiger partial charge in [-0.1, -0.05) is 19.1 Å². The van der Waals surface area contributed by atoms with E-state index in [4.69, 9.17) is 5.73 Å². The Morgan fingerprint density at radius 1 is 1.38 bits per heavy atom. The van der Waals surface area contributed by atoms with E-state index in [2.05, 4.69) is 4.98 Å². The van der Waals surface area contributed by atoms with Crippen LogP contribution in [-0.4, -0.2) is 11.5 Å². The maximum Gasteiger partial charge on any atom is 0.132 e. The third-order valence-electron chi connectivity index (χ3n) is 2.76. The highest BCUT2D eigenvalue weighted by atomic mass is 19.1. The molecule has 0 amide bonds. The maximum absolute atomic E-state index is 13.7. The van der Waals surface area contributed by atoms with Gasteiger partial charge in [0.25, 0.3) is 0 Å². The lowest BCUT2D eigenvalue weighted by molar-refractivity contribution is 0.583. The molecule has 1 unspecified atom stereocenters. The third kappa shape index (κ3) is 2.04. The molecule has 1 atom stereocenters. The first-order chi connectivity index (χ1) is 7.72. The molecule has 0 fully saturated rings. The number of nitrogens with two attached hydrogens (primary N) is 1. The van der Waals surface area contributed by atoms with Crippen LogP contribution in [0.2, 0.25) is 0 Å². The zero-order valence-electron chi connectivity index (χ0n) is 9.28. The maximum atomic E-state index is 13.7. The van der Waals surface area contributed by atoms with E-state index in [9.17, 15) is 4.39 Å². The van der Waals surface area contributed by atoms with E-state index in [0.717, 1.165) is 17.5 Å². The van der Waals surface area contributed by atoms with Crippen LogP contribution in [-0.2, 0) is 6.42 Å². The Kier molecular flexibility index (Phi) is 3.15. The Morgan fingerprint density at radius 3 is 2.94 bits per heavy atom. The number of aromatic nitrogens is 1. The van der Waals surface area contributed by atoms with Crippen LogP contribution in [0.1, 0.15) is 12.6 Å². The van der Waals surface area contributed by atoms with Crippen LogP contribution in [0.3, 0.4) is 0 Å². The van der Waals surface area contributed by atoms with Crippen molar-refractivity contribution in [3.63, 3.8) is 0 Å². The standard InChI is InChI=1S/C13H15FN2/c1-9(8-15)7-12-13-10(5-6-16-12)3-2-4-11(13)14/h2-6,9H,7-8,15H2,1H3. The predicted octanol–water partition coefficient (Wildman–Crippen LogP) is 2.51. The van der Waals surface area contributed by atoms with E-state index in [-0.39, 0.29) is 5.82 Å². The molecule has 0 radical (unpaired) electrons. The smallest absolute Gasteiger partial charge is 0.132 e. The van der Waals surface area contributed by atoms with Crippen LogP contribution in [0.15, 0.2) is 30.5 Å². The van der Waals surface area contributed by atoms with Gasteiger partial charge in [0, 0.05) is 11.6 Å². The molecule has 1 heterocycles. The summed E-state index contributed by atoms with van der Waals surface area (Å²) in [6.45, 7) is 2.63. The second-order valence-corrected chi connectivity index (χ2v) is 4.14. The van der Waals surface area contributed by atoms with Gasteiger partial charge in [0.2, 0.25) is 0 Å². The monoisotopic (exact) mass is 218 g/mol. The number of halogens is 1. The molecule has 16 heavy (non-hydrogen) atoms. The molecule has 84 valence electrons. The molecule has 0 spiro atoms. The van der Waals surface area contributed by atoms with Gasteiger partial charge in [0.15, 0.2) is 0 Å². The van der Waals surface area contributed by atoms with Gasteiger partial charge in [-0.05, 0) is 36.4 Å². The second kappa shape index (κ2) is 4.58. The van der Waals surface area contributed by atoms with Gasteiger partial charge < -0.3 is 5.73 Å². The fraction of sp³-hybridized carbons (Fsp3) is 0.308. The summed E-state index contributed by atoms with van der Waals surface area (Å²) < 4.78 is 13.7. The van der Waals surface area contributed by atoms with Crippen LogP contribution in [0, 0.1) is 11.7 Å². The SMILES string of the molecule is CC(CN)Cc1nccc2cccc(F)c12. The second-order valence-electron chi connectivity index (χ2n) is 4.14. The number of nitrogens with zero attached hydrogens (tertiary/aromatic N) is 1. The Morgan fingerprint density at radius 2 is 2.19 bits per heavy atom. The van der Waals surface area contributed by atoms with E-state index in [0.29, 0.717) is 17.8 Å². The highest BCUT2D eigenvalue weighted by Gasteiger charge is 2.10. The van der Waals surface area contributed by atoms with Gasteiger partial charge >= 0.3 is 0 Å². The molecule has 0 saturated heterocycles. The summed E-state index contributed by atoms with van der Waals surface area (Å²) >= 11 is 0. The minimum atomic E-state index is -0.204. The van der Waals surface area contributed by atoms with Crippen LogP contribution in [0.4, 0.5) is 4.39 Å². The third-order valence-corrected chi connectivity index (χ3v) is 2.76. The molecule has 0 aliphatic rings. The molecule has 0 aliphatic carbocycles. The van der Waals surface area contributed by atoms with Crippen molar-refractivity contribution < 1.29 is 4.39 Å². The number of fused-ring (bicyclic) bond motifs is 1. The van der Waals surface area contributed by atoms with Crippen molar-refractivity contribution >= 4 is 10.8 Å². The lowest BCUT2D eigenvalue weighted by Crippen LogP contribution is -2.14. The summed E-state index contributed by atoms with van der Waals surface area (Å²) in [6.07, 6.45) is 2.44. The fourth-order valence-corrected chi connectivity index (χ4v) is 1.82. The molecule has 2 rings (SSSR count). The van der Waals surface area contributed by atoms with Crippen molar-refractivity contribution in [2.45, 2.75) is 13.3 Å². The topological polar surface area (TPSA) is 38.9 Å². The van der Waals surface area contributed by atoms with Gasteiger partial charge in [-0.15, -0.1) is 0 Å². The van der Waals surface area contributed by atoms with Gasteiger partial charge in [-0.2, -0.15) is 0 Å². The van der Waals surface area contributed by atoms with E-state index in [1.54, 1.807) is 12.3 Å². The zero-order valence-corrected chi connectivity index (χ0v) is 9.28. The van der Waals surface area contributed by atoms with Crippen LogP contribution in [0.5, 0.6) is 0 Å². The molecule has 1 aromatic heterocycles. The number of hydrogen-bond acceptors (Lipinski definition) is 2. The Hall–Kier alpha value is -1.48. The summed E-state index contributed by atoms with van der Waals surface area (Å²) in [5.74, 6) is 0.113. The van der Waals surface area contributed by atoms with Gasteiger partial charge in [0.05, 0.1) is 5.69 Å². The quantitative estimate of drug-likeness (QED) is 0.859. The Bertz CT molecular complexity index is 491. The molecule has 2 N–H and O–H groups in total. The zero-order chi connectivity index (χ0) is 11.5. The minimum Gasteiger partial charge on any atom is -0.330 e. The highest BCUT2D eigenvalue weighted by molar-refractivity contribution is 5.84. The molecular weight excluding hydrogens is 203 g/mol. The number of benzene rings is 1. The number of rotatable bonds is 3. The van der Waals surface area contributed by atoms with E-state index < -0.39 is 0 Å². The summed E-state index contributed by atoms with van der Waals surface area (Å²) in [6, 6.07) is 6.92. The van der Waals surface area contributed by atoms with Gasteiger partial charge in [-0.3, -0.25) is 4.98 Å². The molecule has 0 saturated carbocycles. The van der Waals surface area contributed by atoms with Crippen LogP contribution >= 0.6 is 0 Å². The van der Waals surface area contributed by atoms with Crippen molar-refractivity contribution in [2.75, 3.05) is 6.54 Å². The summed E-state index contributed by atoms with van der Waals surface area (Å²) in [5.41, 5.74) is 6.38. The largest absolute Gasteiger partial charge is 0.330 e. The van der Waals surface area contributed by atoms with Crippen molar-refractivity contribution in [1.29, 1.82) is 0 Å². The Balaban J connectivity index is 2.52. The highest BCUT2D eigenvalue weighted by Crippen LogP contribution is 2.22. The molecule has 0 aliphatic heterocycles. The normalized spacial score (nSPS) is 12.9. The van der Waals surface area contributed by atoms with E-state index in [1.807, 2.05) is 19.1 Å². The first-order valence-electron chi connectivity index (χ1n) is 5.44. The lowest BCUT2D eigenvalue weighted by atomic mass is 10.0. The first kappa shape index (κ1) is 11.0.